The van der Waals surface area contributed by atoms with Crippen LogP contribution in [-0.2, 0) is 39.2 Å². The molecule has 4 aromatic carbocycles. The maximum atomic E-state index is 14.2. The van der Waals surface area contributed by atoms with Gasteiger partial charge < -0.3 is 15.0 Å². The number of carbonyl (C=O) groups excluding carboxylic acids is 2. The molecule has 4 aromatic rings. The first kappa shape index (κ1) is 33.7. The predicted molar refractivity (Wildman–Crippen MR) is 181 cm³/mol. The molecule has 0 aliphatic heterocycles. The fourth-order valence-corrected chi connectivity index (χ4v) is 6.13. The van der Waals surface area contributed by atoms with Crippen molar-refractivity contribution in [3.8, 4) is 5.75 Å². The molecule has 4 rings (SSSR count). The van der Waals surface area contributed by atoms with E-state index in [9.17, 15) is 18.0 Å². The van der Waals surface area contributed by atoms with E-state index in [1.165, 1.54) is 4.90 Å². The number of amides is 2. The minimum atomic E-state index is -3.88. The van der Waals surface area contributed by atoms with Crippen LogP contribution in [0.1, 0.15) is 30.5 Å². The largest absolute Gasteiger partial charge is 0.489 e. The van der Waals surface area contributed by atoms with E-state index in [1.54, 1.807) is 24.3 Å². The van der Waals surface area contributed by atoms with Gasteiger partial charge in [-0.1, -0.05) is 88.7 Å². The molecule has 0 saturated carbocycles. The van der Waals surface area contributed by atoms with Crippen molar-refractivity contribution < 1.29 is 22.7 Å². The van der Waals surface area contributed by atoms with Gasteiger partial charge in [0.25, 0.3) is 0 Å². The summed E-state index contributed by atoms with van der Waals surface area (Å²) >= 11 is 3.49. The van der Waals surface area contributed by atoms with Crippen LogP contribution in [0.2, 0.25) is 0 Å². The Hall–Kier alpha value is -4.15. The molecule has 0 saturated heterocycles. The third kappa shape index (κ3) is 10.2. The van der Waals surface area contributed by atoms with Gasteiger partial charge in [0.1, 0.15) is 24.9 Å². The zero-order chi connectivity index (χ0) is 32.4. The lowest BCUT2D eigenvalue weighted by molar-refractivity contribution is -0.140. The number of hydrogen-bond acceptors (Lipinski definition) is 5. The zero-order valence-corrected chi connectivity index (χ0v) is 28.0. The van der Waals surface area contributed by atoms with Crippen molar-refractivity contribution in [2.45, 2.75) is 45.5 Å². The molecule has 0 fully saturated rings. The maximum Gasteiger partial charge on any atom is 0.244 e. The molecule has 45 heavy (non-hydrogen) atoms. The SMILES string of the molecule is CC(C)NC(=O)[C@@H](Cc1ccccc1)N(Cc1cccc(Br)c1)C(=O)CN(c1ccc(OCc2ccccc2)cc1)S(C)(=O)=O. The molecule has 2 amide bonds. The topological polar surface area (TPSA) is 96.0 Å². The number of benzene rings is 4. The number of halogens is 1. The lowest BCUT2D eigenvalue weighted by atomic mass is 10.0. The van der Waals surface area contributed by atoms with Gasteiger partial charge in [0.05, 0.1) is 11.9 Å². The van der Waals surface area contributed by atoms with Crippen LogP contribution < -0.4 is 14.4 Å². The number of sulfonamides is 1. The third-order valence-electron chi connectivity index (χ3n) is 7.00. The summed E-state index contributed by atoms with van der Waals surface area (Å²) in [6, 6.07) is 32.2. The van der Waals surface area contributed by atoms with E-state index < -0.39 is 28.5 Å². The van der Waals surface area contributed by atoms with Gasteiger partial charge in [0.2, 0.25) is 21.8 Å². The van der Waals surface area contributed by atoms with E-state index in [0.717, 1.165) is 31.7 Å². The molecule has 8 nitrogen and oxygen atoms in total. The zero-order valence-electron chi connectivity index (χ0n) is 25.6. The maximum absolute atomic E-state index is 14.2. The molecule has 1 N–H and O–H groups in total. The van der Waals surface area contributed by atoms with Crippen LogP contribution in [-0.4, -0.2) is 50.0 Å². The summed E-state index contributed by atoms with van der Waals surface area (Å²) in [4.78, 5) is 29.3. The van der Waals surface area contributed by atoms with Gasteiger partial charge in [-0.15, -0.1) is 0 Å². The number of nitrogens with one attached hydrogen (secondary N) is 1. The highest BCUT2D eigenvalue weighted by atomic mass is 79.9. The van der Waals surface area contributed by atoms with Crippen LogP contribution in [0.4, 0.5) is 5.69 Å². The van der Waals surface area contributed by atoms with Gasteiger partial charge in [-0.05, 0) is 66.9 Å². The van der Waals surface area contributed by atoms with Crippen molar-refractivity contribution in [1.29, 1.82) is 0 Å². The fraction of sp³-hybridized carbons (Fsp3) is 0.257. The van der Waals surface area contributed by atoms with E-state index in [2.05, 4.69) is 21.2 Å². The molecule has 0 aromatic heterocycles. The Kier molecular flexibility index (Phi) is 11.8. The quantitative estimate of drug-likeness (QED) is 0.176. The summed E-state index contributed by atoms with van der Waals surface area (Å²) in [7, 11) is -3.88. The molecule has 0 heterocycles. The normalized spacial score (nSPS) is 11.9. The minimum absolute atomic E-state index is 0.102. The second kappa shape index (κ2) is 15.7. The molecule has 0 bridgehead atoms. The number of ether oxygens (including phenoxy) is 1. The van der Waals surface area contributed by atoms with Gasteiger partial charge in [-0.25, -0.2) is 8.42 Å². The van der Waals surface area contributed by atoms with Crippen molar-refractivity contribution in [3.63, 3.8) is 0 Å². The lowest BCUT2D eigenvalue weighted by Gasteiger charge is -2.34. The highest BCUT2D eigenvalue weighted by Crippen LogP contribution is 2.24. The van der Waals surface area contributed by atoms with Gasteiger partial charge in [0, 0.05) is 23.5 Å². The van der Waals surface area contributed by atoms with Gasteiger partial charge in [0.15, 0.2) is 0 Å². The first-order valence-electron chi connectivity index (χ1n) is 14.6. The van der Waals surface area contributed by atoms with Crippen molar-refractivity contribution in [3.05, 3.63) is 130 Å². The Labute approximate surface area is 274 Å². The van der Waals surface area contributed by atoms with Gasteiger partial charge in [-0.3, -0.25) is 13.9 Å². The van der Waals surface area contributed by atoms with Crippen molar-refractivity contribution in [2.24, 2.45) is 0 Å². The first-order chi connectivity index (χ1) is 21.5. The molecule has 0 radical (unpaired) electrons. The molecular weight excluding hydrogens is 654 g/mol. The molecule has 0 unspecified atom stereocenters. The van der Waals surface area contributed by atoms with Crippen LogP contribution in [0.25, 0.3) is 0 Å². The third-order valence-corrected chi connectivity index (χ3v) is 8.63. The number of nitrogens with zero attached hydrogens (tertiary/aromatic N) is 2. The Bertz CT molecular complexity index is 1670. The predicted octanol–water partition coefficient (Wildman–Crippen LogP) is 5.96. The van der Waals surface area contributed by atoms with Crippen LogP contribution in [0, 0.1) is 0 Å². The minimum Gasteiger partial charge on any atom is -0.489 e. The molecule has 10 heteroatoms. The van der Waals surface area contributed by atoms with Crippen LogP contribution in [0.15, 0.2) is 114 Å². The van der Waals surface area contributed by atoms with E-state index in [-0.39, 0.29) is 24.9 Å². The Morgan fingerprint density at radius 1 is 0.822 bits per heavy atom. The summed E-state index contributed by atoms with van der Waals surface area (Å²) < 4.78 is 33.9. The summed E-state index contributed by atoms with van der Waals surface area (Å²) in [5.74, 6) is -0.264. The highest BCUT2D eigenvalue weighted by molar-refractivity contribution is 9.10. The Balaban J connectivity index is 1.64. The smallest absolute Gasteiger partial charge is 0.244 e. The van der Waals surface area contributed by atoms with E-state index in [0.29, 0.717) is 18.0 Å². The Morgan fingerprint density at radius 3 is 2.00 bits per heavy atom. The number of anilines is 1. The molecule has 0 aliphatic carbocycles. The van der Waals surface area contributed by atoms with Crippen LogP contribution in [0.3, 0.4) is 0 Å². The summed E-state index contributed by atoms with van der Waals surface area (Å²) in [5.41, 5.74) is 2.98. The van der Waals surface area contributed by atoms with Crippen molar-refractivity contribution in [2.75, 3.05) is 17.1 Å². The number of carbonyl (C=O) groups is 2. The molecule has 236 valence electrons. The van der Waals surface area contributed by atoms with Gasteiger partial charge >= 0.3 is 0 Å². The average molecular weight is 693 g/mol. The second-order valence-electron chi connectivity index (χ2n) is 11.1. The van der Waals surface area contributed by atoms with Gasteiger partial charge in [-0.2, -0.15) is 0 Å². The molecular formula is C35H38BrN3O5S. The summed E-state index contributed by atoms with van der Waals surface area (Å²) in [6.45, 7) is 3.69. The molecule has 1 atom stereocenters. The summed E-state index contributed by atoms with van der Waals surface area (Å²) in [5, 5.41) is 2.95. The van der Waals surface area contributed by atoms with Crippen LogP contribution >= 0.6 is 15.9 Å². The van der Waals surface area contributed by atoms with Crippen molar-refractivity contribution >= 4 is 43.5 Å². The van der Waals surface area contributed by atoms with Crippen LogP contribution in [0.5, 0.6) is 5.75 Å². The number of rotatable bonds is 14. The van der Waals surface area contributed by atoms with E-state index >= 15 is 0 Å². The first-order valence-corrected chi connectivity index (χ1v) is 17.3. The summed E-state index contributed by atoms with van der Waals surface area (Å²) in [6.07, 6.45) is 1.32. The number of hydrogen-bond donors (Lipinski definition) is 1. The Morgan fingerprint density at radius 2 is 1.42 bits per heavy atom. The van der Waals surface area contributed by atoms with E-state index in [4.69, 9.17) is 4.74 Å². The van der Waals surface area contributed by atoms with Crippen molar-refractivity contribution in [1.82, 2.24) is 10.2 Å². The average Bonchev–Trinajstić information content (AvgIpc) is 3.01. The monoisotopic (exact) mass is 691 g/mol. The molecule has 0 spiro atoms. The second-order valence-corrected chi connectivity index (χ2v) is 13.9. The lowest BCUT2D eigenvalue weighted by Crippen LogP contribution is -2.54. The fourth-order valence-electron chi connectivity index (χ4n) is 4.83. The molecule has 0 aliphatic rings. The van der Waals surface area contributed by atoms with E-state index in [1.807, 2.05) is 98.8 Å². The highest BCUT2D eigenvalue weighted by Gasteiger charge is 2.33. The standard InChI is InChI=1S/C35H38BrN3O5S/c1-26(2)37-35(41)33(22-27-11-6-4-7-12-27)38(23-29-15-10-16-30(36)21-29)34(40)24-39(45(3,42)43)31-17-19-32(20-18-31)44-25-28-13-8-5-9-14-28/h4-21,26,33H,22-25H2,1-3H3,(H,37,41)/t33-/m1/s1.